The SMILES string of the molecule is Cc1cc(S(=O)(=O)CC2CC2)ccc1CC(=O)O. The third kappa shape index (κ3) is 3.10. The smallest absolute Gasteiger partial charge is 0.307 e. The molecule has 1 N–H and O–H groups in total. The lowest BCUT2D eigenvalue weighted by atomic mass is 10.1. The first-order valence-electron chi connectivity index (χ1n) is 5.92. The molecule has 5 heteroatoms. The van der Waals surface area contributed by atoms with Crippen molar-refractivity contribution in [3.8, 4) is 0 Å². The van der Waals surface area contributed by atoms with Crippen molar-refractivity contribution in [1.82, 2.24) is 0 Å². The van der Waals surface area contributed by atoms with E-state index in [9.17, 15) is 13.2 Å². The normalized spacial score (nSPS) is 15.6. The van der Waals surface area contributed by atoms with Crippen molar-refractivity contribution in [2.45, 2.75) is 31.1 Å². The van der Waals surface area contributed by atoms with E-state index in [1.54, 1.807) is 19.1 Å². The molecule has 0 atom stereocenters. The lowest BCUT2D eigenvalue weighted by Gasteiger charge is -2.07. The molecule has 2 rings (SSSR count). The van der Waals surface area contributed by atoms with Gasteiger partial charge in [0.05, 0.1) is 17.1 Å². The first-order chi connectivity index (χ1) is 8.38. The second-order valence-corrected chi connectivity index (χ2v) is 6.92. The molecule has 4 nitrogen and oxygen atoms in total. The summed E-state index contributed by atoms with van der Waals surface area (Å²) in [4.78, 5) is 10.9. The third-order valence-corrected chi connectivity index (χ3v) is 5.05. The van der Waals surface area contributed by atoms with E-state index in [4.69, 9.17) is 5.11 Å². The maximum Gasteiger partial charge on any atom is 0.307 e. The summed E-state index contributed by atoms with van der Waals surface area (Å²) in [5.41, 5.74) is 1.38. The molecule has 0 unspecified atom stereocenters. The Bertz CT molecular complexity index is 571. The van der Waals surface area contributed by atoms with Gasteiger partial charge in [-0.2, -0.15) is 0 Å². The Hall–Kier alpha value is -1.36. The highest BCUT2D eigenvalue weighted by molar-refractivity contribution is 7.91. The first-order valence-corrected chi connectivity index (χ1v) is 7.58. The predicted molar refractivity (Wildman–Crippen MR) is 67.3 cm³/mol. The van der Waals surface area contributed by atoms with Crippen LogP contribution in [0.1, 0.15) is 24.0 Å². The summed E-state index contributed by atoms with van der Waals surface area (Å²) in [7, 11) is -3.21. The molecule has 1 fully saturated rings. The molecule has 0 aromatic heterocycles. The van der Waals surface area contributed by atoms with Crippen LogP contribution in [0, 0.1) is 12.8 Å². The number of aliphatic carboxylic acids is 1. The molecule has 1 aromatic rings. The van der Waals surface area contributed by atoms with Crippen molar-refractivity contribution in [2.24, 2.45) is 5.92 Å². The Labute approximate surface area is 107 Å². The molecule has 98 valence electrons. The molecule has 18 heavy (non-hydrogen) atoms. The van der Waals surface area contributed by atoms with Gasteiger partial charge in [0.2, 0.25) is 0 Å². The Balaban J connectivity index is 2.24. The summed E-state index contributed by atoms with van der Waals surface area (Å²) in [6, 6.07) is 4.70. The topological polar surface area (TPSA) is 71.4 Å². The zero-order valence-electron chi connectivity index (χ0n) is 10.2. The summed E-state index contributed by atoms with van der Waals surface area (Å²) in [6.07, 6.45) is 1.92. The molecule has 1 aromatic carbocycles. The van der Waals surface area contributed by atoms with Crippen molar-refractivity contribution in [2.75, 3.05) is 5.75 Å². The van der Waals surface area contributed by atoms with Crippen LogP contribution in [0.15, 0.2) is 23.1 Å². The molecule has 1 aliphatic rings. The Morgan fingerprint density at radius 3 is 2.56 bits per heavy atom. The molecule has 0 amide bonds. The van der Waals surface area contributed by atoms with Crippen LogP contribution < -0.4 is 0 Å². The summed E-state index contributed by atoms with van der Waals surface area (Å²) in [5.74, 6) is -0.384. The first kappa shape index (κ1) is 13.1. The average molecular weight is 268 g/mol. The number of aryl methyl sites for hydroxylation is 1. The number of hydrogen-bond donors (Lipinski definition) is 1. The highest BCUT2D eigenvalue weighted by Gasteiger charge is 2.29. The average Bonchev–Trinajstić information content (AvgIpc) is 3.03. The van der Waals surface area contributed by atoms with Crippen LogP contribution in [-0.2, 0) is 21.1 Å². The lowest BCUT2D eigenvalue weighted by molar-refractivity contribution is -0.136. The zero-order valence-corrected chi connectivity index (χ0v) is 11.0. The maximum atomic E-state index is 12.1. The van der Waals surface area contributed by atoms with Crippen LogP contribution in [0.4, 0.5) is 0 Å². The van der Waals surface area contributed by atoms with Crippen molar-refractivity contribution < 1.29 is 18.3 Å². The number of carboxylic acids is 1. The van der Waals surface area contributed by atoms with Gasteiger partial charge in [0.15, 0.2) is 9.84 Å². The van der Waals surface area contributed by atoms with Gasteiger partial charge in [0.25, 0.3) is 0 Å². The molecular weight excluding hydrogens is 252 g/mol. The number of sulfone groups is 1. The van der Waals surface area contributed by atoms with E-state index in [-0.39, 0.29) is 12.2 Å². The third-order valence-electron chi connectivity index (χ3n) is 3.17. The van der Waals surface area contributed by atoms with Gasteiger partial charge in [-0.15, -0.1) is 0 Å². The van der Waals surface area contributed by atoms with Crippen LogP contribution in [0.3, 0.4) is 0 Å². The second kappa shape index (κ2) is 4.72. The number of carboxylic acid groups (broad SMARTS) is 1. The molecule has 1 aliphatic carbocycles. The van der Waals surface area contributed by atoms with Crippen molar-refractivity contribution in [3.05, 3.63) is 29.3 Å². The molecule has 0 radical (unpaired) electrons. The van der Waals surface area contributed by atoms with Gasteiger partial charge < -0.3 is 5.11 Å². The van der Waals surface area contributed by atoms with E-state index in [1.165, 1.54) is 6.07 Å². The van der Waals surface area contributed by atoms with Crippen molar-refractivity contribution in [3.63, 3.8) is 0 Å². The van der Waals surface area contributed by atoms with Gasteiger partial charge in [0, 0.05) is 0 Å². The Morgan fingerprint density at radius 1 is 1.39 bits per heavy atom. The van der Waals surface area contributed by atoms with Gasteiger partial charge in [-0.25, -0.2) is 8.42 Å². The van der Waals surface area contributed by atoms with Gasteiger partial charge in [-0.3, -0.25) is 4.79 Å². The molecule has 1 saturated carbocycles. The highest BCUT2D eigenvalue weighted by Crippen LogP contribution is 2.32. The highest BCUT2D eigenvalue weighted by atomic mass is 32.2. The quantitative estimate of drug-likeness (QED) is 0.884. The van der Waals surface area contributed by atoms with Gasteiger partial charge in [-0.05, 0) is 48.9 Å². The maximum absolute atomic E-state index is 12.1. The van der Waals surface area contributed by atoms with Crippen molar-refractivity contribution >= 4 is 15.8 Å². The van der Waals surface area contributed by atoms with Crippen LogP contribution in [0.2, 0.25) is 0 Å². The Morgan fingerprint density at radius 2 is 2.06 bits per heavy atom. The number of benzene rings is 1. The van der Waals surface area contributed by atoms with Gasteiger partial charge >= 0.3 is 5.97 Å². The van der Waals surface area contributed by atoms with E-state index in [1.807, 2.05) is 0 Å². The molecule has 0 aliphatic heterocycles. The van der Waals surface area contributed by atoms with Gasteiger partial charge in [-0.1, -0.05) is 6.07 Å². The molecule has 0 bridgehead atoms. The van der Waals surface area contributed by atoms with E-state index in [0.717, 1.165) is 12.8 Å². The van der Waals surface area contributed by atoms with Crippen molar-refractivity contribution in [1.29, 1.82) is 0 Å². The minimum Gasteiger partial charge on any atom is -0.481 e. The summed E-state index contributed by atoms with van der Waals surface area (Å²) in [6.45, 7) is 1.74. The van der Waals surface area contributed by atoms with Crippen LogP contribution >= 0.6 is 0 Å². The monoisotopic (exact) mass is 268 g/mol. The number of rotatable bonds is 5. The van der Waals surface area contributed by atoms with Crippen LogP contribution in [0.5, 0.6) is 0 Å². The van der Waals surface area contributed by atoms with Gasteiger partial charge in [0.1, 0.15) is 0 Å². The van der Waals surface area contributed by atoms with E-state index in [0.29, 0.717) is 21.9 Å². The minimum atomic E-state index is -3.21. The van der Waals surface area contributed by atoms with Crippen LogP contribution in [-0.4, -0.2) is 25.2 Å². The standard InChI is InChI=1S/C13H16O4S/c1-9-6-12(5-4-11(9)7-13(14)15)18(16,17)8-10-2-3-10/h4-6,10H,2-3,7-8H2,1H3,(H,14,15). The molecule has 0 heterocycles. The van der Waals surface area contributed by atoms with Crippen LogP contribution in [0.25, 0.3) is 0 Å². The largest absolute Gasteiger partial charge is 0.481 e. The Kier molecular flexibility index (Phi) is 3.43. The fourth-order valence-electron chi connectivity index (χ4n) is 1.91. The number of carbonyl (C=O) groups is 1. The predicted octanol–water partition coefficient (Wildman–Crippen LogP) is 1.81. The second-order valence-electron chi connectivity index (χ2n) is 4.88. The fraction of sp³-hybridized carbons (Fsp3) is 0.462. The van der Waals surface area contributed by atoms with E-state index < -0.39 is 15.8 Å². The number of hydrogen-bond acceptors (Lipinski definition) is 3. The summed E-state index contributed by atoms with van der Waals surface area (Å²) in [5, 5.41) is 8.73. The molecule has 0 saturated heterocycles. The lowest BCUT2D eigenvalue weighted by Crippen LogP contribution is -2.09. The minimum absolute atomic E-state index is 0.0746. The molecule has 0 spiro atoms. The molecular formula is C13H16O4S. The van der Waals surface area contributed by atoms with E-state index >= 15 is 0 Å². The van der Waals surface area contributed by atoms with E-state index in [2.05, 4.69) is 0 Å². The fourth-order valence-corrected chi connectivity index (χ4v) is 3.69. The summed E-state index contributed by atoms with van der Waals surface area (Å²) < 4.78 is 24.1. The summed E-state index contributed by atoms with van der Waals surface area (Å²) >= 11 is 0. The zero-order chi connectivity index (χ0) is 13.3.